The average Bonchev–Trinajstić information content (AvgIpc) is 2.47. The van der Waals surface area contributed by atoms with Crippen LogP contribution in [-0.2, 0) is 11.3 Å². The molecule has 0 spiro atoms. The maximum Gasteiger partial charge on any atom is 0.231 e. The van der Waals surface area contributed by atoms with Crippen molar-refractivity contribution in [3.8, 4) is 6.07 Å². The van der Waals surface area contributed by atoms with Crippen LogP contribution in [0.5, 0.6) is 0 Å². The number of carbonyl (C=O) groups is 1. The van der Waals surface area contributed by atoms with Gasteiger partial charge in [0.2, 0.25) is 5.91 Å². The van der Waals surface area contributed by atoms with Crippen molar-refractivity contribution in [3.63, 3.8) is 0 Å². The first kappa shape index (κ1) is 14.4. The van der Waals surface area contributed by atoms with Gasteiger partial charge in [0.25, 0.3) is 0 Å². The molecule has 1 aromatic rings. The Morgan fingerprint density at radius 3 is 2.95 bits per heavy atom. The van der Waals surface area contributed by atoms with E-state index >= 15 is 0 Å². The molecule has 1 saturated heterocycles. The summed E-state index contributed by atoms with van der Waals surface area (Å²) in [6.45, 7) is 2.63. The maximum atomic E-state index is 11.3. The first-order valence-electron chi connectivity index (χ1n) is 6.77. The summed E-state index contributed by atoms with van der Waals surface area (Å²) in [6, 6.07) is 6.09. The fourth-order valence-electron chi connectivity index (χ4n) is 2.57. The molecule has 3 N–H and O–H groups in total. The number of primary amides is 1. The molecule has 6 heteroatoms. The number of nitrogens with two attached hydrogens (primary N) is 1. The van der Waals surface area contributed by atoms with Crippen LogP contribution in [0.1, 0.15) is 24.1 Å². The van der Waals surface area contributed by atoms with Crippen LogP contribution in [0, 0.1) is 11.3 Å². The Balaban J connectivity index is 2.14. The van der Waals surface area contributed by atoms with Crippen LogP contribution < -0.4 is 11.1 Å². The largest absolute Gasteiger partial charge is 0.369 e. The molecule has 1 amide bonds. The quantitative estimate of drug-likeness (QED) is 0.787. The number of nitrogens with one attached hydrogen (secondary N) is 1. The molecule has 6 nitrogen and oxygen atoms in total. The molecule has 1 aliphatic rings. The van der Waals surface area contributed by atoms with Gasteiger partial charge in [0, 0.05) is 24.3 Å². The van der Waals surface area contributed by atoms with E-state index in [-0.39, 0.29) is 12.5 Å². The zero-order valence-corrected chi connectivity index (χ0v) is 11.4. The minimum absolute atomic E-state index is 0.213. The van der Waals surface area contributed by atoms with Crippen LogP contribution in [0.4, 0.5) is 0 Å². The van der Waals surface area contributed by atoms with Gasteiger partial charge in [-0.1, -0.05) is 6.07 Å². The Kier molecular flexibility index (Phi) is 5.04. The van der Waals surface area contributed by atoms with Gasteiger partial charge in [-0.15, -0.1) is 0 Å². The van der Waals surface area contributed by atoms with Gasteiger partial charge in [0.05, 0.1) is 6.54 Å². The number of amides is 1. The zero-order chi connectivity index (χ0) is 14.4. The third-order valence-corrected chi connectivity index (χ3v) is 3.55. The average molecular weight is 273 g/mol. The lowest BCUT2D eigenvalue weighted by Crippen LogP contribution is -2.46. The molecule has 1 fully saturated rings. The fourth-order valence-corrected chi connectivity index (χ4v) is 2.57. The fraction of sp³-hybridized carbons (Fsp3) is 0.500. The summed E-state index contributed by atoms with van der Waals surface area (Å²) in [5.74, 6) is -0.342. The topological polar surface area (TPSA) is 95.0 Å². The van der Waals surface area contributed by atoms with Crippen LogP contribution in [0.25, 0.3) is 0 Å². The number of hydrogen-bond acceptors (Lipinski definition) is 5. The summed E-state index contributed by atoms with van der Waals surface area (Å²) in [5.41, 5.74) is 6.60. The summed E-state index contributed by atoms with van der Waals surface area (Å²) in [4.78, 5) is 17.4. The Hall–Kier alpha value is -1.97. The van der Waals surface area contributed by atoms with E-state index in [0.29, 0.717) is 18.3 Å². The van der Waals surface area contributed by atoms with Crippen molar-refractivity contribution in [2.24, 2.45) is 5.73 Å². The van der Waals surface area contributed by atoms with Crippen LogP contribution in [0.2, 0.25) is 0 Å². The van der Waals surface area contributed by atoms with Crippen molar-refractivity contribution in [3.05, 3.63) is 29.6 Å². The molecule has 0 saturated carbocycles. The van der Waals surface area contributed by atoms with Crippen molar-refractivity contribution in [2.75, 3.05) is 19.6 Å². The third-order valence-electron chi connectivity index (χ3n) is 3.55. The summed E-state index contributed by atoms with van der Waals surface area (Å²) < 4.78 is 0. The highest BCUT2D eigenvalue weighted by molar-refractivity contribution is 5.76. The van der Waals surface area contributed by atoms with E-state index in [1.807, 2.05) is 6.07 Å². The second-order valence-corrected chi connectivity index (χ2v) is 4.98. The number of hydrogen-bond donors (Lipinski definition) is 2. The van der Waals surface area contributed by atoms with Gasteiger partial charge >= 0.3 is 0 Å². The highest BCUT2D eigenvalue weighted by Gasteiger charge is 2.23. The minimum Gasteiger partial charge on any atom is -0.369 e. The van der Waals surface area contributed by atoms with Crippen LogP contribution in [0.3, 0.4) is 0 Å². The van der Waals surface area contributed by atoms with E-state index in [0.717, 1.165) is 31.5 Å². The van der Waals surface area contributed by atoms with Gasteiger partial charge < -0.3 is 11.1 Å². The molecule has 0 radical (unpaired) electrons. The molecule has 0 aliphatic carbocycles. The second-order valence-electron chi connectivity index (χ2n) is 4.98. The smallest absolute Gasteiger partial charge is 0.231 e. The number of nitriles is 1. The number of pyridine rings is 1. The monoisotopic (exact) mass is 273 g/mol. The predicted octanol–water partition coefficient (Wildman–Crippen LogP) is -0.00742. The molecule has 1 aliphatic heterocycles. The highest BCUT2D eigenvalue weighted by atomic mass is 16.1. The van der Waals surface area contributed by atoms with Gasteiger partial charge in [-0.3, -0.25) is 9.69 Å². The molecular formula is C14H19N5O. The van der Waals surface area contributed by atoms with Crippen molar-refractivity contribution in [1.82, 2.24) is 15.2 Å². The van der Waals surface area contributed by atoms with Gasteiger partial charge in [0.15, 0.2) is 0 Å². The summed E-state index contributed by atoms with van der Waals surface area (Å²) in [7, 11) is 0. The molecule has 2 rings (SSSR count). The van der Waals surface area contributed by atoms with E-state index in [1.54, 1.807) is 12.3 Å². The SMILES string of the molecule is N#Cc1ncccc1CN(CC(N)=O)C1CCNCC1. The molecule has 0 bridgehead atoms. The lowest BCUT2D eigenvalue weighted by molar-refractivity contribution is -0.120. The molecule has 1 aromatic heterocycles. The van der Waals surface area contributed by atoms with E-state index in [2.05, 4.69) is 21.3 Å². The summed E-state index contributed by atoms with van der Waals surface area (Å²) >= 11 is 0. The molecule has 106 valence electrons. The molecular weight excluding hydrogens is 254 g/mol. The normalized spacial score (nSPS) is 16.0. The van der Waals surface area contributed by atoms with E-state index in [9.17, 15) is 4.79 Å². The van der Waals surface area contributed by atoms with Crippen molar-refractivity contribution >= 4 is 5.91 Å². The van der Waals surface area contributed by atoms with Crippen LogP contribution >= 0.6 is 0 Å². The van der Waals surface area contributed by atoms with Crippen LogP contribution in [-0.4, -0.2) is 41.5 Å². The Morgan fingerprint density at radius 2 is 2.30 bits per heavy atom. The van der Waals surface area contributed by atoms with E-state index < -0.39 is 0 Å². The number of piperidine rings is 1. The Bertz CT molecular complexity index is 505. The first-order valence-corrected chi connectivity index (χ1v) is 6.77. The number of nitrogens with zero attached hydrogens (tertiary/aromatic N) is 3. The lowest BCUT2D eigenvalue weighted by atomic mass is 10.0. The van der Waals surface area contributed by atoms with Gasteiger partial charge in [0.1, 0.15) is 11.8 Å². The molecule has 0 aromatic carbocycles. The standard InChI is InChI=1S/C14H19N5O/c15-8-13-11(2-1-5-18-13)9-19(10-14(16)20)12-3-6-17-7-4-12/h1-2,5,12,17H,3-4,6-7,9-10H2,(H2,16,20). The van der Waals surface area contributed by atoms with Crippen molar-refractivity contribution in [2.45, 2.75) is 25.4 Å². The van der Waals surface area contributed by atoms with Gasteiger partial charge in [-0.2, -0.15) is 5.26 Å². The third kappa shape index (κ3) is 3.76. The summed E-state index contributed by atoms with van der Waals surface area (Å²) in [6.07, 6.45) is 3.57. The molecule has 20 heavy (non-hydrogen) atoms. The van der Waals surface area contributed by atoms with E-state index in [4.69, 9.17) is 11.0 Å². The minimum atomic E-state index is -0.342. The highest BCUT2D eigenvalue weighted by Crippen LogP contribution is 2.16. The zero-order valence-electron chi connectivity index (χ0n) is 11.4. The van der Waals surface area contributed by atoms with Gasteiger partial charge in [-0.05, 0) is 32.0 Å². The van der Waals surface area contributed by atoms with Gasteiger partial charge in [-0.25, -0.2) is 4.98 Å². The number of carbonyl (C=O) groups excluding carboxylic acids is 1. The molecule has 2 heterocycles. The molecule has 0 atom stereocenters. The first-order chi connectivity index (χ1) is 9.70. The summed E-state index contributed by atoms with van der Waals surface area (Å²) in [5, 5.41) is 12.4. The number of rotatable bonds is 5. The van der Waals surface area contributed by atoms with E-state index in [1.165, 1.54) is 0 Å². The van der Waals surface area contributed by atoms with Crippen LogP contribution in [0.15, 0.2) is 18.3 Å². The Labute approximate surface area is 118 Å². The van der Waals surface area contributed by atoms with Crippen molar-refractivity contribution < 1.29 is 4.79 Å². The predicted molar refractivity (Wildman–Crippen MR) is 74.4 cm³/mol. The van der Waals surface area contributed by atoms with Crippen molar-refractivity contribution in [1.29, 1.82) is 5.26 Å². The Morgan fingerprint density at radius 1 is 1.55 bits per heavy atom. The second kappa shape index (κ2) is 6.98. The molecule has 0 unspecified atom stereocenters. The lowest BCUT2D eigenvalue weighted by Gasteiger charge is -2.33. The number of aromatic nitrogens is 1. The maximum absolute atomic E-state index is 11.3.